The van der Waals surface area contributed by atoms with Crippen LogP contribution < -0.4 is 0 Å². The molecule has 3 rings (SSSR count). The largest absolute Gasteiger partial charge is 0.309 e. The van der Waals surface area contributed by atoms with Gasteiger partial charge in [-0.1, -0.05) is 13.0 Å². The van der Waals surface area contributed by atoms with Crippen LogP contribution in [0.4, 0.5) is 4.39 Å². The minimum absolute atomic E-state index is 0.0611. The van der Waals surface area contributed by atoms with Gasteiger partial charge in [-0.2, -0.15) is 5.10 Å². The van der Waals surface area contributed by atoms with Gasteiger partial charge < -0.3 is 4.90 Å². The molecular formula is C20H25FN4O2S. The second kappa shape index (κ2) is 7.60. The summed E-state index contributed by atoms with van der Waals surface area (Å²) < 4.78 is 41.9. The van der Waals surface area contributed by atoms with Gasteiger partial charge in [0, 0.05) is 17.9 Å². The monoisotopic (exact) mass is 404 g/mol. The van der Waals surface area contributed by atoms with E-state index in [1.807, 2.05) is 34.9 Å². The Balaban J connectivity index is 2.26. The fraction of sp³-hybridized carbons (Fsp3) is 0.400. The van der Waals surface area contributed by atoms with Crippen molar-refractivity contribution in [1.29, 1.82) is 0 Å². The van der Waals surface area contributed by atoms with Gasteiger partial charge in [0.25, 0.3) is 0 Å². The van der Waals surface area contributed by atoms with Crippen LogP contribution in [-0.4, -0.2) is 48.6 Å². The first-order valence-electron chi connectivity index (χ1n) is 9.19. The van der Waals surface area contributed by atoms with E-state index in [9.17, 15) is 12.8 Å². The molecule has 0 N–H and O–H groups in total. The Hall–Kier alpha value is -2.32. The zero-order valence-corrected chi connectivity index (χ0v) is 17.6. The molecular weight excluding hydrogens is 379 g/mol. The molecule has 0 aliphatic carbocycles. The Morgan fingerprint density at radius 1 is 1.21 bits per heavy atom. The number of hydrogen-bond acceptors (Lipinski definition) is 5. The standard InChI is InChI=1S/C20H25FN4O2S/c1-6-18-19(28(26,27)16-9-7-8-15(21)12-16)20-22-13(2)17(10-11-24(4)5)14(3)25(20)23-18/h7-9,12H,6,10-11H2,1-5H3. The van der Waals surface area contributed by atoms with Crippen LogP contribution >= 0.6 is 0 Å². The summed E-state index contributed by atoms with van der Waals surface area (Å²) >= 11 is 0. The van der Waals surface area contributed by atoms with Crippen molar-refractivity contribution in [3.63, 3.8) is 0 Å². The molecule has 0 saturated carbocycles. The molecule has 0 radical (unpaired) electrons. The quantitative estimate of drug-likeness (QED) is 0.632. The maximum absolute atomic E-state index is 13.7. The zero-order chi connectivity index (χ0) is 20.6. The number of aryl methyl sites for hydroxylation is 3. The maximum atomic E-state index is 13.7. The van der Waals surface area contributed by atoms with Crippen molar-refractivity contribution in [2.75, 3.05) is 20.6 Å². The van der Waals surface area contributed by atoms with Gasteiger partial charge >= 0.3 is 0 Å². The Bertz CT molecular complexity index is 1140. The van der Waals surface area contributed by atoms with Crippen molar-refractivity contribution >= 4 is 15.5 Å². The van der Waals surface area contributed by atoms with E-state index in [4.69, 9.17) is 0 Å². The van der Waals surface area contributed by atoms with Gasteiger partial charge in [0.15, 0.2) is 5.65 Å². The summed E-state index contributed by atoms with van der Waals surface area (Å²) in [6.45, 7) is 6.51. The average Bonchev–Trinajstić information content (AvgIpc) is 3.00. The van der Waals surface area contributed by atoms with Crippen molar-refractivity contribution < 1.29 is 12.8 Å². The van der Waals surface area contributed by atoms with Crippen molar-refractivity contribution in [2.45, 2.75) is 43.4 Å². The Morgan fingerprint density at radius 2 is 1.93 bits per heavy atom. The molecule has 0 atom stereocenters. The smallest absolute Gasteiger partial charge is 0.212 e. The van der Waals surface area contributed by atoms with E-state index in [-0.39, 0.29) is 9.79 Å². The summed E-state index contributed by atoms with van der Waals surface area (Å²) in [5.41, 5.74) is 3.44. The van der Waals surface area contributed by atoms with Crippen molar-refractivity contribution in [3.05, 3.63) is 52.7 Å². The lowest BCUT2D eigenvalue weighted by atomic mass is 10.1. The number of fused-ring (bicyclic) bond motifs is 1. The molecule has 0 bridgehead atoms. The second-order valence-electron chi connectivity index (χ2n) is 7.14. The van der Waals surface area contributed by atoms with Crippen LogP contribution in [0.2, 0.25) is 0 Å². The molecule has 8 heteroatoms. The fourth-order valence-electron chi connectivity index (χ4n) is 3.34. The van der Waals surface area contributed by atoms with E-state index in [1.54, 1.807) is 4.52 Å². The summed E-state index contributed by atoms with van der Waals surface area (Å²) in [4.78, 5) is 6.66. The lowest BCUT2D eigenvalue weighted by molar-refractivity contribution is 0.412. The molecule has 3 aromatic rings. The lowest BCUT2D eigenvalue weighted by Crippen LogP contribution is -2.17. The average molecular weight is 405 g/mol. The third-order valence-electron chi connectivity index (χ3n) is 4.87. The second-order valence-corrected chi connectivity index (χ2v) is 9.03. The highest BCUT2D eigenvalue weighted by Crippen LogP contribution is 2.30. The number of nitrogens with zero attached hydrogens (tertiary/aromatic N) is 4. The van der Waals surface area contributed by atoms with Gasteiger partial charge in [0.05, 0.1) is 10.6 Å². The normalized spacial score (nSPS) is 12.2. The first-order chi connectivity index (χ1) is 13.2. The van der Waals surface area contributed by atoms with Crippen molar-refractivity contribution in [1.82, 2.24) is 19.5 Å². The first-order valence-corrected chi connectivity index (χ1v) is 10.7. The van der Waals surface area contributed by atoms with E-state index in [2.05, 4.69) is 15.0 Å². The van der Waals surface area contributed by atoms with Gasteiger partial charge in [0.1, 0.15) is 10.7 Å². The predicted octanol–water partition coefficient (Wildman–Crippen LogP) is 2.98. The molecule has 0 fully saturated rings. The molecule has 1 aromatic carbocycles. The number of aromatic nitrogens is 3. The SMILES string of the molecule is CCc1nn2c(C)c(CCN(C)C)c(C)nc2c1S(=O)(=O)c1cccc(F)c1. The van der Waals surface area contributed by atoms with E-state index in [1.165, 1.54) is 18.2 Å². The minimum atomic E-state index is -3.95. The molecule has 2 aromatic heterocycles. The molecule has 0 spiro atoms. The van der Waals surface area contributed by atoms with E-state index in [0.717, 1.165) is 36.0 Å². The summed E-state index contributed by atoms with van der Waals surface area (Å²) in [5.74, 6) is -0.595. The summed E-state index contributed by atoms with van der Waals surface area (Å²) in [6, 6.07) is 5.04. The molecule has 0 aliphatic rings. The van der Waals surface area contributed by atoms with E-state index < -0.39 is 15.7 Å². The van der Waals surface area contributed by atoms with Crippen LogP contribution in [-0.2, 0) is 22.7 Å². The van der Waals surface area contributed by atoms with Gasteiger partial charge in [-0.3, -0.25) is 0 Å². The lowest BCUT2D eigenvalue weighted by Gasteiger charge is -2.14. The molecule has 0 aliphatic heterocycles. The van der Waals surface area contributed by atoms with Gasteiger partial charge in [-0.25, -0.2) is 22.3 Å². The van der Waals surface area contributed by atoms with Crippen molar-refractivity contribution in [2.24, 2.45) is 0 Å². The number of hydrogen-bond donors (Lipinski definition) is 0. The summed E-state index contributed by atoms with van der Waals surface area (Å²) in [5, 5.41) is 4.54. The third-order valence-corrected chi connectivity index (χ3v) is 6.70. The highest BCUT2D eigenvalue weighted by molar-refractivity contribution is 7.91. The molecule has 28 heavy (non-hydrogen) atoms. The van der Waals surface area contributed by atoms with Crippen LogP contribution in [0.25, 0.3) is 5.65 Å². The molecule has 0 saturated heterocycles. The topological polar surface area (TPSA) is 67.6 Å². The molecule has 0 amide bonds. The van der Waals surface area contributed by atoms with Gasteiger partial charge in [-0.15, -0.1) is 0 Å². The van der Waals surface area contributed by atoms with Crippen LogP contribution in [0.1, 0.15) is 29.6 Å². The van der Waals surface area contributed by atoms with Gasteiger partial charge in [0.2, 0.25) is 9.84 Å². The van der Waals surface area contributed by atoms with E-state index in [0.29, 0.717) is 17.8 Å². The third kappa shape index (κ3) is 3.54. The number of benzene rings is 1. The van der Waals surface area contributed by atoms with Crippen LogP contribution in [0.3, 0.4) is 0 Å². The Morgan fingerprint density at radius 3 is 2.54 bits per heavy atom. The minimum Gasteiger partial charge on any atom is -0.309 e. The van der Waals surface area contributed by atoms with Crippen LogP contribution in [0.15, 0.2) is 34.1 Å². The fourth-order valence-corrected chi connectivity index (χ4v) is 4.97. The molecule has 150 valence electrons. The Kier molecular flexibility index (Phi) is 5.54. The number of halogens is 1. The Labute approximate surface area is 164 Å². The predicted molar refractivity (Wildman–Crippen MR) is 106 cm³/mol. The first kappa shape index (κ1) is 20.4. The highest BCUT2D eigenvalue weighted by atomic mass is 32.2. The van der Waals surface area contributed by atoms with Crippen LogP contribution in [0, 0.1) is 19.7 Å². The molecule has 6 nitrogen and oxygen atoms in total. The molecule has 2 heterocycles. The molecule has 0 unspecified atom stereocenters. The summed E-state index contributed by atoms with van der Waals surface area (Å²) in [7, 11) is 0.0531. The maximum Gasteiger partial charge on any atom is 0.212 e. The zero-order valence-electron chi connectivity index (χ0n) is 16.8. The van der Waals surface area contributed by atoms with Crippen molar-refractivity contribution in [3.8, 4) is 0 Å². The number of sulfone groups is 1. The van der Waals surface area contributed by atoms with Crippen LogP contribution in [0.5, 0.6) is 0 Å². The van der Waals surface area contributed by atoms with E-state index >= 15 is 0 Å². The highest BCUT2D eigenvalue weighted by Gasteiger charge is 2.29. The number of rotatable bonds is 6. The number of likely N-dealkylation sites (N-methyl/N-ethyl adjacent to an activating group) is 1. The van der Waals surface area contributed by atoms with Gasteiger partial charge in [-0.05, 0) is 64.5 Å². The summed E-state index contributed by atoms with van der Waals surface area (Å²) in [6.07, 6.45) is 1.22.